The number of nitrogens with one attached hydrogen (secondary N) is 1. The van der Waals surface area contributed by atoms with Crippen molar-refractivity contribution in [1.82, 2.24) is 15.3 Å². The molecule has 1 rings (SSSR count). The highest BCUT2D eigenvalue weighted by molar-refractivity contribution is 6.06. The van der Waals surface area contributed by atoms with E-state index in [-0.39, 0.29) is 11.7 Å². The normalized spacial score (nSPS) is 19.4. The molecule has 1 aliphatic heterocycles. The predicted molar refractivity (Wildman–Crippen MR) is 73.6 cm³/mol. The molecule has 0 aliphatic carbocycles. The lowest BCUT2D eigenvalue weighted by molar-refractivity contribution is -0.134. The fraction of sp³-hybridized carbons (Fsp3) is 0.833. The van der Waals surface area contributed by atoms with Gasteiger partial charge in [0, 0.05) is 26.2 Å². The fourth-order valence-corrected chi connectivity index (χ4v) is 2.31. The lowest BCUT2D eigenvalue weighted by atomic mass is 9.80. The van der Waals surface area contributed by atoms with Crippen LogP contribution in [0.4, 0.5) is 0 Å². The van der Waals surface area contributed by atoms with Gasteiger partial charge in [-0.25, -0.2) is 5.01 Å². The van der Waals surface area contributed by atoms with Gasteiger partial charge in [-0.2, -0.15) is 0 Å². The average molecular weight is 271 g/mol. The number of hydrogen-bond acceptors (Lipinski definition) is 5. The molecule has 0 radical (unpaired) electrons. The van der Waals surface area contributed by atoms with E-state index in [0.29, 0.717) is 12.8 Å². The second kappa shape index (κ2) is 6.72. The van der Waals surface area contributed by atoms with Crippen LogP contribution in [0.25, 0.3) is 0 Å². The van der Waals surface area contributed by atoms with Crippen LogP contribution in [0.1, 0.15) is 26.7 Å². The standard InChI is InChI=1S/C12H25N5O2/c1-4-12(5-2,10(13)15-19)11(18)14-17-8-6-16(3)7-9-17/h19H,4-9H2,1-3H3,(H2,13,15)(H,14,18). The molecule has 7 heteroatoms. The molecular formula is C12H25N5O2. The van der Waals surface area contributed by atoms with Crippen molar-refractivity contribution < 1.29 is 10.0 Å². The van der Waals surface area contributed by atoms with Gasteiger partial charge >= 0.3 is 0 Å². The Morgan fingerprint density at radius 1 is 1.32 bits per heavy atom. The maximum absolute atomic E-state index is 12.4. The van der Waals surface area contributed by atoms with Crippen LogP contribution in [0.15, 0.2) is 5.16 Å². The van der Waals surface area contributed by atoms with E-state index in [4.69, 9.17) is 10.9 Å². The zero-order valence-corrected chi connectivity index (χ0v) is 12.0. The van der Waals surface area contributed by atoms with E-state index >= 15 is 0 Å². The van der Waals surface area contributed by atoms with E-state index in [9.17, 15) is 4.79 Å². The molecule has 0 spiro atoms. The summed E-state index contributed by atoms with van der Waals surface area (Å²) in [6.45, 7) is 7.12. The van der Waals surface area contributed by atoms with E-state index in [1.54, 1.807) is 0 Å². The van der Waals surface area contributed by atoms with E-state index in [1.807, 2.05) is 18.9 Å². The Labute approximate surface area is 114 Å². The first-order chi connectivity index (χ1) is 9.00. The van der Waals surface area contributed by atoms with E-state index in [1.165, 1.54) is 0 Å². The van der Waals surface area contributed by atoms with Crippen LogP contribution in [0.3, 0.4) is 0 Å². The first-order valence-electron chi connectivity index (χ1n) is 6.72. The predicted octanol–water partition coefficient (Wildman–Crippen LogP) is -0.182. The summed E-state index contributed by atoms with van der Waals surface area (Å²) in [6, 6.07) is 0. The summed E-state index contributed by atoms with van der Waals surface area (Å²) >= 11 is 0. The number of hydrogen-bond donors (Lipinski definition) is 3. The van der Waals surface area contributed by atoms with Gasteiger partial charge in [-0.3, -0.25) is 10.2 Å². The number of amidine groups is 1. The molecule has 0 aromatic heterocycles. The molecule has 0 aromatic carbocycles. The summed E-state index contributed by atoms with van der Waals surface area (Å²) in [7, 11) is 2.05. The van der Waals surface area contributed by atoms with Crippen LogP contribution in [0.5, 0.6) is 0 Å². The number of nitrogens with two attached hydrogens (primary N) is 1. The first kappa shape index (κ1) is 15.7. The number of piperazine rings is 1. The highest BCUT2D eigenvalue weighted by atomic mass is 16.4. The molecule has 1 saturated heterocycles. The average Bonchev–Trinajstić information content (AvgIpc) is 2.43. The summed E-state index contributed by atoms with van der Waals surface area (Å²) < 4.78 is 0. The van der Waals surface area contributed by atoms with Crippen LogP contribution < -0.4 is 11.2 Å². The summed E-state index contributed by atoms with van der Waals surface area (Å²) in [4.78, 5) is 14.6. The largest absolute Gasteiger partial charge is 0.409 e. The topological polar surface area (TPSA) is 94.2 Å². The monoisotopic (exact) mass is 271 g/mol. The Balaban J connectivity index is 2.73. The lowest BCUT2D eigenvalue weighted by Gasteiger charge is -2.36. The molecule has 0 atom stereocenters. The van der Waals surface area contributed by atoms with Crippen molar-refractivity contribution in [3.63, 3.8) is 0 Å². The van der Waals surface area contributed by atoms with Gasteiger partial charge in [0.2, 0.25) is 5.91 Å². The van der Waals surface area contributed by atoms with Crippen molar-refractivity contribution in [1.29, 1.82) is 0 Å². The van der Waals surface area contributed by atoms with Crippen molar-refractivity contribution in [2.24, 2.45) is 16.3 Å². The molecule has 1 aliphatic rings. The van der Waals surface area contributed by atoms with Gasteiger partial charge in [0.1, 0.15) is 5.41 Å². The molecule has 1 fully saturated rings. The third-order valence-corrected chi connectivity index (χ3v) is 4.00. The summed E-state index contributed by atoms with van der Waals surface area (Å²) in [5, 5.41) is 13.8. The van der Waals surface area contributed by atoms with Crippen molar-refractivity contribution in [3.8, 4) is 0 Å². The molecule has 4 N–H and O–H groups in total. The third-order valence-electron chi connectivity index (χ3n) is 4.00. The Bertz CT molecular complexity index is 333. The van der Waals surface area contributed by atoms with E-state index < -0.39 is 5.41 Å². The van der Waals surface area contributed by atoms with Crippen molar-refractivity contribution in [2.45, 2.75) is 26.7 Å². The third kappa shape index (κ3) is 3.36. The number of likely N-dealkylation sites (N-methyl/N-ethyl adjacent to an activating group) is 1. The van der Waals surface area contributed by atoms with Crippen LogP contribution in [-0.4, -0.2) is 60.1 Å². The number of hydrazine groups is 1. The smallest absolute Gasteiger partial charge is 0.248 e. The Morgan fingerprint density at radius 3 is 2.26 bits per heavy atom. The number of amides is 1. The zero-order valence-electron chi connectivity index (χ0n) is 12.0. The number of carbonyl (C=O) groups excluding carboxylic acids is 1. The minimum atomic E-state index is -0.932. The molecule has 1 heterocycles. The quantitative estimate of drug-likeness (QED) is 0.279. The molecule has 110 valence electrons. The Morgan fingerprint density at radius 2 is 1.84 bits per heavy atom. The SMILES string of the molecule is CCC(CC)(C(=O)NN1CCN(C)CC1)C(N)=NO. The zero-order chi connectivity index (χ0) is 14.5. The van der Waals surface area contributed by atoms with Gasteiger partial charge in [0.25, 0.3) is 0 Å². The van der Waals surface area contributed by atoms with Crippen LogP contribution in [0.2, 0.25) is 0 Å². The van der Waals surface area contributed by atoms with E-state index in [2.05, 4.69) is 22.5 Å². The Kier molecular flexibility index (Phi) is 5.56. The van der Waals surface area contributed by atoms with Gasteiger partial charge in [-0.1, -0.05) is 19.0 Å². The minimum absolute atomic E-state index is 0.0240. The number of rotatable bonds is 5. The van der Waals surface area contributed by atoms with Crippen LogP contribution in [0, 0.1) is 5.41 Å². The summed E-state index contributed by atoms with van der Waals surface area (Å²) in [5.74, 6) is -0.221. The van der Waals surface area contributed by atoms with Crippen LogP contribution >= 0.6 is 0 Å². The Hall–Kier alpha value is -1.34. The van der Waals surface area contributed by atoms with E-state index in [0.717, 1.165) is 26.2 Å². The molecule has 1 amide bonds. The summed E-state index contributed by atoms with van der Waals surface area (Å²) in [5.41, 5.74) is 7.67. The number of oxime groups is 1. The van der Waals surface area contributed by atoms with Crippen molar-refractivity contribution >= 4 is 11.7 Å². The minimum Gasteiger partial charge on any atom is -0.409 e. The van der Waals surface area contributed by atoms with Crippen molar-refractivity contribution in [2.75, 3.05) is 33.2 Å². The molecule has 19 heavy (non-hydrogen) atoms. The van der Waals surface area contributed by atoms with Crippen LogP contribution in [-0.2, 0) is 4.79 Å². The summed E-state index contributed by atoms with van der Waals surface area (Å²) in [6.07, 6.45) is 0.998. The highest BCUT2D eigenvalue weighted by Gasteiger charge is 2.40. The molecule has 0 aromatic rings. The number of nitrogens with zero attached hydrogens (tertiary/aromatic N) is 3. The van der Waals surface area contributed by atoms with Gasteiger partial charge in [-0.05, 0) is 19.9 Å². The maximum atomic E-state index is 12.4. The second-order valence-corrected chi connectivity index (χ2v) is 5.01. The maximum Gasteiger partial charge on any atom is 0.248 e. The number of carbonyl (C=O) groups is 1. The molecular weight excluding hydrogens is 246 g/mol. The lowest BCUT2D eigenvalue weighted by Crippen LogP contribution is -2.58. The highest BCUT2D eigenvalue weighted by Crippen LogP contribution is 2.27. The molecule has 0 saturated carbocycles. The van der Waals surface area contributed by atoms with Crippen molar-refractivity contribution in [3.05, 3.63) is 0 Å². The second-order valence-electron chi connectivity index (χ2n) is 5.01. The fourth-order valence-electron chi connectivity index (χ4n) is 2.31. The van der Waals surface area contributed by atoms with Gasteiger partial charge in [0.05, 0.1) is 0 Å². The first-order valence-corrected chi connectivity index (χ1v) is 6.72. The molecule has 0 unspecified atom stereocenters. The van der Waals surface area contributed by atoms with Gasteiger partial charge in [0.15, 0.2) is 5.84 Å². The van der Waals surface area contributed by atoms with Gasteiger partial charge in [-0.15, -0.1) is 0 Å². The molecule has 0 bridgehead atoms. The van der Waals surface area contributed by atoms with Gasteiger partial charge < -0.3 is 15.8 Å². The molecule has 7 nitrogen and oxygen atoms in total.